The molecule has 0 aromatic rings. The predicted molar refractivity (Wildman–Crippen MR) is 131 cm³/mol. The van der Waals surface area contributed by atoms with Crippen LogP contribution in [0, 0.1) is 35.5 Å². The van der Waals surface area contributed by atoms with E-state index in [2.05, 4.69) is 63.6 Å². The van der Waals surface area contributed by atoms with Crippen LogP contribution in [0.1, 0.15) is 38.5 Å². The van der Waals surface area contributed by atoms with E-state index in [-0.39, 0.29) is 0 Å². The van der Waals surface area contributed by atoms with Gasteiger partial charge in [0.1, 0.15) is 0 Å². The lowest BCUT2D eigenvalue weighted by Crippen LogP contribution is -2.52. The highest BCUT2D eigenvalue weighted by Gasteiger charge is 2.42. The summed E-state index contributed by atoms with van der Waals surface area (Å²) in [5, 5.41) is 0. The van der Waals surface area contributed by atoms with Crippen molar-refractivity contribution in [1.29, 1.82) is 0 Å². The minimum absolute atomic E-state index is 0.873. The van der Waals surface area contributed by atoms with Crippen molar-refractivity contribution in [2.75, 3.05) is 0 Å². The normalized spacial score (nSPS) is 35.9. The average molecular weight is 449 g/mol. The van der Waals surface area contributed by atoms with Crippen molar-refractivity contribution in [3.05, 3.63) is 24.3 Å². The first-order chi connectivity index (χ1) is 13.5. The second-order valence-corrected chi connectivity index (χ2v) is 24.8. The van der Waals surface area contributed by atoms with Gasteiger partial charge in [-0.25, -0.2) is 0 Å². The molecule has 29 heavy (non-hydrogen) atoms. The van der Waals surface area contributed by atoms with Crippen molar-refractivity contribution in [1.82, 2.24) is 0 Å². The van der Waals surface area contributed by atoms with Gasteiger partial charge < -0.3 is 8.23 Å². The number of rotatable bonds is 10. The third-order valence-corrected chi connectivity index (χ3v) is 19.5. The highest BCUT2D eigenvalue weighted by Crippen LogP contribution is 2.47. The molecule has 0 spiro atoms. The van der Waals surface area contributed by atoms with Crippen LogP contribution in [0.4, 0.5) is 0 Å². The van der Waals surface area contributed by atoms with Crippen LogP contribution in [-0.4, -0.2) is 25.2 Å². The van der Waals surface area contributed by atoms with E-state index in [0.717, 1.165) is 35.5 Å². The Balaban J connectivity index is 1.23. The molecule has 2 fully saturated rings. The van der Waals surface area contributed by atoms with Crippen LogP contribution in [0.2, 0.25) is 51.4 Å². The molecule has 0 heterocycles. The monoisotopic (exact) mass is 448 g/mol. The third kappa shape index (κ3) is 5.65. The number of allylic oxidation sites excluding steroid dienone is 4. The van der Waals surface area contributed by atoms with E-state index < -0.39 is 25.2 Å². The molecule has 5 heteroatoms. The Morgan fingerprint density at radius 3 is 1.34 bits per heavy atom. The molecule has 0 radical (unpaired) electrons. The van der Waals surface area contributed by atoms with Crippen LogP contribution in [0.25, 0.3) is 0 Å². The van der Waals surface area contributed by atoms with Crippen LogP contribution in [0.3, 0.4) is 0 Å². The van der Waals surface area contributed by atoms with E-state index in [4.69, 9.17) is 8.23 Å². The van der Waals surface area contributed by atoms with Gasteiger partial charge in [0.15, 0.2) is 16.6 Å². The van der Waals surface area contributed by atoms with Crippen LogP contribution in [0.15, 0.2) is 24.3 Å². The summed E-state index contributed by atoms with van der Waals surface area (Å²) in [6.07, 6.45) is 18.4. The van der Waals surface area contributed by atoms with E-state index in [1.807, 2.05) is 0 Å². The first-order valence-electron chi connectivity index (χ1n) is 12.3. The lowest BCUT2D eigenvalue weighted by atomic mass is 9.91. The molecule has 0 aliphatic heterocycles. The van der Waals surface area contributed by atoms with E-state index >= 15 is 0 Å². The fourth-order valence-electron chi connectivity index (χ4n) is 6.97. The minimum atomic E-state index is -2.07. The van der Waals surface area contributed by atoms with Gasteiger partial charge in [0.05, 0.1) is 0 Å². The standard InChI is InChI=1S/C24H44O2Si3/c1-27(2,13-11-23-17-19-7-9-21(23)15-19)25-29(5,6)26-28(3,4)14-12-24-18-20-8-10-22(24)16-20/h7-10,19-24H,11-18H2,1-6H3/t19-,20-,21-,22-,23-,24-/m0/s1. The number of fused-ring (bicyclic) bond motifs is 4. The summed E-state index contributed by atoms with van der Waals surface area (Å²) in [5.41, 5.74) is 0. The van der Waals surface area contributed by atoms with E-state index in [1.165, 1.54) is 50.6 Å². The lowest BCUT2D eigenvalue weighted by Gasteiger charge is -2.39. The molecule has 2 saturated carbocycles. The van der Waals surface area contributed by atoms with Crippen molar-refractivity contribution in [2.24, 2.45) is 35.5 Å². The highest BCUT2D eigenvalue weighted by atomic mass is 28.5. The summed E-state index contributed by atoms with van der Waals surface area (Å²) in [5.74, 6) is 5.38. The van der Waals surface area contributed by atoms with Gasteiger partial charge in [-0.2, -0.15) is 0 Å². The van der Waals surface area contributed by atoms with Crippen molar-refractivity contribution in [2.45, 2.75) is 89.9 Å². The maximum Gasteiger partial charge on any atom is 0.311 e. The van der Waals surface area contributed by atoms with Crippen molar-refractivity contribution in [3.63, 3.8) is 0 Å². The molecule has 0 N–H and O–H groups in total. The second-order valence-electron chi connectivity index (χ2n) is 12.3. The van der Waals surface area contributed by atoms with Gasteiger partial charge in [-0.3, -0.25) is 0 Å². The summed E-state index contributed by atoms with van der Waals surface area (Å²) < 4.78 is 13.8. The van der Waals surface area contributed by atoms with Gasteiger partial charge in [-0.15, -0.1) is 0 Å². The predicted octanol–water partition coefficient (Wildman–Crippen LogP) is 7.34. The number of hydrogen-bond donors (Lipinski definition) is 0. The number of hydrogen-bond acceptors (Lipinski definition) is 2. The molecule has 4 aliphatic carbocycles. The summed E-state index contributed by atoms with van der Waals surface area (Å²) in [6.45, 7) is 14.4. The molecule has 0 unspecified atom stereocenters. The Morgan fingerprint density at radius 1 is 0.621 bits per heavy atom. The topological polar surface area (TPSA) is 18.5 Å². The van der Waals surface area contributed by atoms with E-state index in [9.17, 15) is 0 Å². The van der Waals surface area contributed by atoms with Crippen LogP contribution in [-0.2, 0) is 8.23 Å². The highest BCUT2D eigenvalue weighted by molar-refractivity contribution is 6.87. The second kappa shape index (κ2) is 8.19. The van der Waals surface area contributed by atoms with Gasteiger partial charge in [0.25, 0.3) is 0 Å². The zero-order valence-electron chi connectivity index (χ0n) is 19.7. The minimum Gasteiger partial charge on any atom is -0.437 e. The zero-order valence-corrected chi connectivity index (χ0v) is 22.7. The Morgan fingerprint density at radius 2 is 1.03 bits per heavy atom. The largest absolute Gasteiger partial charge is 0.437 e. The van der Waals surface area contributed by atoms with E-state index in [1.54, 1.807) is 0 Å². The molecular formula is C24H44O2Si3. The van der Waals surface area contributed by atoms with Crippen molar-refractivity contribution < 1.29 is 8.23 Å². The molecule has 0 saturated heterocycles. The van der Waals surface area contributed by atoms with Gasteiger partial charge >= 0.3 is 8.56 Å². The van der Waals surface area contributed by atoms with E-state index in [0.29, 0.717) is 0 Å². The molecular weight excluding hydrogens is 405 g/mol. The summed E-state index contributed by atoms with van der Waals surface area (Å²) in [4.78, 5) is 0. The molecule has 164 valence electrons. The summed E-state index contributed by atoms with van der Waals surface area (Å²) >= 11 is 0. The van der Waals surface area contributed by atoms with Gasteiger partial charge in [0, 0.05) is 0 Å². The molecule has 4 bridgehead atoms. The summed E-state index contributed by atoms with van der Waals surface area (Å²) in [7, 11) is -5.40. The van der Waals surface area contributed by atoms with Crippen molar-refractivity contribution in [3.8, 4) is 0 Å². The lowest BCUT2D eigenvalue weighted by molar-refractivity contribution is 0.370. The maximum absolute atomic E-state index is 6.88. The fourth-order valence-corrected chi connectivity index (χ4v) is 21.1. The quantitative estimate of drug-likeness (QED) is 0.257. The van der Waals surface area contributed by atoms with Crippen molar-refractivity contribution >= 4 is 25.2 Å². The Hall–Kier alpha value is 0.0506. The molecule has 0 amide bonds. The molecule has 2 nitrogen and oxygen atoms in total. The Kier molecular flexibility index (Phi) is 6.29. The fraction of sp³-hybridized carbons (Fsp3) is 0.833. The molecule has 4 aliphatic rings. The van der Waals surface area contributed by atoms with Crippen LogP contribution in [0.5, 0.6) is 0 Å². The smallest absolute Gasteiger partial charge is 0.311 e. The maximum atomic E-state index is 6.88. The van der Waals surface area contributed by atoms with Gasteiger partial charge in [0.2, 0.25) is 0 Å². The zero-order chi connectivity index (χ0) is 20.9. The van der Waals surface area contributed by atoms with Gasteiger partial charge in [-0.1, -0.05) is 37.1 Å². The van der Waals surface area contributed by atoms with Crippen LogP contribution >= 0.6 is 0 Å². The molecule has 0 aromatic heterocycles. The third-order valence-electron chi connectivity index (χ3n) is 8.11. The SMILES string of the molecule is C[Si](C)(CC[C@H]1C[C@H]2C=C[C@H]1C2)O[Si](C)(C)O[Si](C)(C)CC[C@H]1C[C@H]2C=C[C@H]1C2. The molecule has 0 aromatic carbocycles. The van der Waals surface area contributed by atoms with Crippen LogP contribution < -0.4 is 0 Å². The average Bonchev–Trinajstić information content (AvgIpc) is 3.36. The Labute approximate surface area is 183 Å². The molecule has 6 atom stereocenters. The molecule has 4 rings (SSSR count). The first kappa shape index (κ1) is 22.3. The van der Waals surface area contributed by atoms with Gasteiger partial charge in [-0.05, 0) is 113 Å². The summed E-state index contributed by atoms with van der Waals surface area (Å²) in [6, 6.07) is 2.60. The Bertz CT molecular complexity index is 601. The first-order valence-corrected chi connectivity index (χ1v) is 21.3.